The minimum absolute atomic E-state index is 0.165. The summed E-state index contributed by atoms with van der Waals surface area (Å²) in [5.41, 5.74) is 0.667. The fraction of sp³-hybridized carbons (Fsp3) is 0.733. The van der Waals surface area contributed by atoms with E-state index in [0.717, 1.165) is 38.4 Å². The van der Waals surface area contributed by atoms with Gasteiger partial charge in [-0.3, -0.25) is 9.69 Å². The first kappa shape index (κ1) is 16.7. The van der Waals surface area contributed by atoms with Crippen molar-refractivity contribution in [3.8, 4) is 0 Å². The quantitative estimate of drug-likeness (QED) is 0.797. The highest BCUT2D eigenvalue weighted by Crippen LogP contribution is 2.23. The molecule has 0 aromatic carbocycles. The first-order valence-corrected chi connectivity index (χ1v) is 8.69. The summed E-state index contributed by atoms with van der Waals surface area (Å²) in [6.45, 7) is 12.3. The minimum Gasteiger partial charge on any atom is -0.340 e. The van der Waals surface area contributed by atoms with Gasteiger partial charge in [0.15, 0.2) is 0 Å². The van der Waals surface area contributed by atoms with Crippen LogP contribution in [0.2, 0.25) is 0 Å². The van der Waals surface area contributed by atoms with Crippen LogP contribution < -0.4 is 0 Å². The molecule has 0 saturated carbocycles. The van der Waals surface area contributed by atoms with Crippen LogP contribution in [0.1, 0.15) is 29.4 Å². The highest BCUT2D eigenvalue weighted by Gasteiger charge is 2.32. The zero-order chi connectivity index (χ0) is 15.6. The molecule has 4 nitrogen and oxygen atoms in total. The number of nitrogens with zero attached hydrogens (tertiary/aromatic N) is 3. The summed E-state index contributed by atoms with van der Waals surface area (Å²) in [6, 6.07) is 0. The Morgan fingerprint density at radius 1 is 1.29 bits per heavy atom. The fourth-order valence-electron chi connectivity index (χ4n) is 2.39. The molecule has 0 radical (unpaired) electrons. The monoisotopic (exact) mass is 329 g/mol. The summed E-state index contributed by atoms with van der Waals surface area (Å²) in [7, 11) is 0. The van der Waals surface area contributed by atoms with Gasteiger partial charge in [0.25, 0.3) is 0 Å². The number of aromatic nitrogens is 1. The molecule has 0 atom stereocenters. The van der Waals surface area contributed by atoms with Crippen LogP contribution >= 0.6 is 22.9 Å². The van der Waals surface area contributed by atoms with E-state index in [1.807, 2.05) is 18.7 Å². The van der Waals surface area contributed by atoms with Crippen LogP contribution in [-0.4, -0.2) is 52.8 Å². The van der Waals surface area contributed by atoms with Gasteiger partial charge in [0.1, 0.15) is 5.01 Å². The third-order valence-corrected chi connectivity index (χ3v) is 5.73. The Balaban J connectivity index is 1.87. The number of amides is 1. The molecule has 1 aromatic heterocycles. The van der Waals surface area contributed by atoms with E-state index in [2.05, 4.69) is 23.7 Å². The van der Waals surface area contributed by atoms with Crippen LogP contribution in [0.15, 0.2) is 0 Å². The lowest BCUT2D eigenvalue weighted by Gasteiger charge is -2.37. The van der Waals surface area contributed by atoms with Crippen molar-refractivity contribution in [2.75, 3.05) is 32.1 Å². The normalized spacial score (nSPS) is 17.3. The van der Waals surface area contributed by atoms with Crippen LogP contribution in [0.3, 0.4) is 0 Å². The van der Waals surface area contributed by atoms with Gasteiger partial charge >= 0.3 is 0 Å². The molecule has 2 rings (SSSR count). The number of carbonyl (C=O) groups excluding carboxylic acids is 1. The van der Waals surface area contributed by atoms with E-state index < -0.39 is 5.41 Å². The third-order valence-electron chi connectivity index (χ3n) is 4.00. The number of alkyl halides is 1. The van der Waals surface area contributed by atoms with Crippen molar-refractivity contribution in [3.63, 3.8) is 0 Å². The van der Waals surface area contributed by atoms with Gasteiger partial charge in [-0.2, -0.15) is 0 Å². The number of piperazine rings is 1. The van der Waals surface area contributed by atoms with E-state index in [9.17, 15) is 4.79 Å². The van der Waals surface area contributed by atoms with E-state index in [1.54, 1.807) is 11.3 Å². The molecule has 6 heteroatoms. The molecule has 0 bridgehead atoms. The van der Waals surface area contributed by atoms with Gasteiger partial charge in [-0.1, -0.05) is 0 Å². The molecular weight excluding hydrogens is 306 g/mol. The van der Waals surface area contributed by atoms with E-state index in [1.165, 1.54) is 9.88 Å². The van der Waals surface area contributed by atoms with Gasteiger partial charge < -0.3 is 4.90 Å². The molecule has 1 aromatic rings. The second-order valence-corrected chi connectivity index (χ2v) is 7.89. The maximum atomic E-state index is 12.4. The second kappa shape index (κ2) is 6.63. The Morgan fingerprint density at radius 3 is 2.38 bits per heavy atom. The van der Waals surface area contributed by atoms with Gasteiger partial charge in [-0.05, 0) is 27.7 Å². The van der Waals surface area contributed by atoms with Crippen LogP contribution in [0, 0.1) is 19.3 Å². The van der Waals surface area contributed by atoms with Crippen molar-refractivity contribution in [1.82, 2.24) is 14.8 Å². The molecule has 0 N–H and O–H groups in total. The van der Waals surface area contributed by atoms with Crippen molar-refractivity contribution in [2.45, 2.75) is 34.2 Å². The number of hydrogen-bond acceptors (Lipinski definition) is 4. The first-order valence-electron chi connectivity index (χ1n) is 7.34. The van der Waals surface area contributed by atoms with Crippen molar-refractivity contribution in [2.24, 2.45) is 5.41 Å². The second-order valence-electron chi connectivity index (χ2n) is 6.34. The molecule has 1 aliphatic rings. The van der Waals surface area contributed by atoms with Crippen LogP contribution in [0.5, 0.6) is 0 Å². The van der Waals surface area contributed by atoms with E-state index >= 15 is 0 Å². The van der Waals surface area contributed by atoms with Gasteiger partial charge in [-0.25, -0.2) is 4.98 Å². The minimum atomic E-state index is -0.465. The number of thiazole rings is 1. The Labute approximate surface area is 136 Å². The van der Waals surface area contributed by atoms with Crippen LogP contribution in [0.25, 0.3) is 0 Å². The lowest BCUT2D eigenvalue weighted by atomic mass is 9.94. The Hall–Kier alpha value is -0.650. The average Bonchev–Trinajstić information content (AvgIpc) is 2.77. The maximum Gasteiger partial charge on any atom is 0.229 e. The summed E-state index contributed by atoms with van der Waals surface area (Å²) in [5.74, 6) is 0.530. The first-order chi connectivity index (χ1) is 9.83. The number of aryl methyl sites for hydroxylation is 2. The number of rotatable bonds is 4. The van der Waals surface area contributed by atoms with E-state index in [-0.39, 0.29) is 5.91 Å². The lowest BCUT2D eigenvalue weighted by Crippen LogP contribution is -2.52. The molecule has 2 heterocycles. The van der Waals surface area contributed by atoms with Gasteiger partial charge in [-0.15, -0.1) is 22.9 Å². The molecule has 1 amide bonds. The summed E-state index contributed by atoms with van der Waals surface area (Å²) < 4.78 is 0. The summed E-state index contributed by atoms with van der Waals surface area (Å²) >= 11 is 7.67. The van der Waals surface area contributed by atoms with E-state index in [4.69, 9.17) is 11.6 Å². The molecule has 0 spiro atoms. The van der Waals surface area contributed by atoms with Crippen molar-refractivity contribution in [3.05, 3.63) is 15.6 Å². The zero-order valence-electron chi connectivity index (χ0n) is 13.3. The predicted octanol–water partition coefficient (Wildman–Crippen LogP) is 2.67. The smallest absolute Gasteiger partial charge is 0.229 e. The van der Waals surface area contributed by atoms with E-state index in [0.29, 0.717) is 5.88 Å². The Bertz CT molecular complexity index is 488. The van der Waals surface area contributed by atoms with Gasteiger partial charge in [0.2, 0.25) is 5.91 Å². The molecule has 1 saturated heterocycles. The molecule has 1 aliphatic heterocycles. The fourth-order valence-corrected chi connectivity index (χ4v) is 3.48. The van der Waals surface area contributed by atoms with Crippen molar-refractivity contribution >= 4 is 28.8 Å². The molecule has 0 unspecified atom stereocenters. The van der Waals surface area contributed by atoms with Crippen molar-refractivity contribution < 1.29 is 4.79 Å². The van der Waals surface area contributed by atoms with Gasteiger partial charge in [0.05, 0.1) is 17.7 Å². The van der Waals surface area contributed by atoms with Crippen LogP contribution in [0.4, 0.5) is 0 Å². The molecule has 0 aliphatic carbocycles. The molecule has 1 fully saturated rings. The standard InChI is InChI=1S/C15H24ClN3OS/c1-11-12(2)21-13(17-11)9-18-5-7-19(8-6-18)14(20)15(3,4)10-16/h5-10H2,1-4H3. The third kappa shape index (κ3) is 3.96. The number of hydrogen-bond donors (Lipinski definition) is 0. The highest BCUT2D eigenvalue weighted by atomic mass is 35.5. The molecule has 21 heavy (non-hydrogen) atoms. The summed E-state index contributed by atoms with van der Waals surface area (Å²) in [6.07, 6.45) is 0. The predicted molar refractivity (Wildman–Crippen MR) is 87.9 cm³/mol. The highest BCUT2D eigenvalue weighted by molar-refractivity contribution is 7.11. The Kier molecular flexibility index (Phi) is 5.28. The Morgan fingerprint density at radius 2 is 1.90 bits per heavy atom. The van der Waals surface area contributed by atoms with Crippen molar-refractivity contribution in [1.29, 1.82) is 0 Å². The van der Waals surface area contributed by atoms with Gasteiger partial charge in [0, 0.05) is 36.9 Å². The largest absolute Gasteiger partial charge is 0.340 e. The lowest BCUT2D eigenvalue weighted by molar-refractivity contribution is -0.141. The topological polar surface area (TPSA) is 36.4 Å². The SMILES string of the molecule is Cc1nc(CN2CCN(C(=O)C(C)(C)CCl)CC2)sc1C. The summed E-state index contributed by atoms with van der Waals surface area (Å²) in [5, 5.41) is 1.17. The maximum absolute atomic E-state index is 12.4. The average molecular weight is 330 g/mol. The zero-order valence-corrected chi connectivity index (χ0v) is 14.9. The summed E-state index contributed by atoms with van der Waals surface area (Å²) in [4.78, 5) is 22.6. The number of carbonyl (C=O) groups is 1. The molecular formula is C15H24ClN3OS. The number of halogens is 1. The molecule has 118 valence electrons. The van der Waals surface area contributed by atoms with Crippen LogP contribution in [-0.2, 0) is 11.3 Å².